The molecule has 6 heteroatoms. The second-order valence-corrected chi connectivity index (χ2v) is 1.73. The molecule has 2 N–H and O–H groups in total. The molecular weight excluding hydrogens is 178 g/mol. The lowest BCUT2D eigenvalue weighted by molar-refractivity contribution is -0.0334. The summed E-state index contributed by atoms with van der Waals surface area (Å²) >= 11 is 0. The van der Waals surface area contributed by atoms with Gasteiger partial charge in [-0.25, -0.2) is 4.79 Å². The lowest BCUT2D eigenvalue weighted by Gasteiger charge is -2.09. The monoisotopic (exact) mass is 191 g/mol. The second-order valence-electron chi connectivity index (χ2n) is 1.73. The van der Waals surface area contributed by atoms with Gasteiger partial charge in [0.05, 0.1) is 32.5 Å². The molecule has 0 bridgehead atoms. The van der Waals surface area contributed by atoms with Crippen LogP contribution in [0, 0.1) is 11.3 Å². The molecule has 0 aromatic rings. The van der Waals surface area contributed by atoms with Gasteiger partial charge < -0.3 is 19.7 Å². The average Bonchev–Trinajstić information content (AvgIpc) is 2.08. The number of ether oxygens (including phenoxy) is 2. The first-order chi connectivity index (χ1) is 6.15. The molecule has 76 valence electrons. The van der Waals surface area contributed by atoms with Crippen LogP contribution in [0.15, 0.2) is 0 Å². The predicted octanol–water partition coefficient (Wildman–Crippen LogP) is 0.785. The number of rotatable bonds is 0. The van der Waals surface area contributed by atoms with Crippen molar-refractivity contribution in [2.24, 2.45) is 0 Å². The molecule has 1 aliphatic heterocycles. The fourth-order valence-electron chi connectivity index (χ4n) is 0.440. The van der Waals surface area contributed by atoms with Crippen molar-refractivity contribution in [2.45, 2.75) is 6.92 Å². The Kier molecular flexibility index (Phi) is 14.5. The zero-order valence-corrected chi connectivity index (χ0v) is 7.39. The molecule has 1 fully saturated rings. The molecule has 0 aromatic carbocycles. The molecule has 0 unspecified atom stereocenters. The van der Waals surface area contributed by atoms with Gasteiger partial charge in [-0.15, -0.1) is 0 Å². The van der Waals surface area contributed by atoms with Gasteiger partial charge in [0.15, 0.2) is 0 Å². The summed E-state index contributed by atoms with van der Waals surface area (Å²) in [7, 11) is 0. The van der Waals surface area contributed by atoms with E-state index in [0.717, 1.165) is 26.4 Å². The fraction of sp³-hybridized carbons (Fsp3) is 0.714. The molecule has 1 heterocycles. The van der Waals surface area contributed by atoms with Crippen molar-refractivity contribution in [1.82, 2.24) is 0 Å². The molecule has 1 rings (SSSR count). The van der Waals surface area contributed by atoms with E-state index in [9.17, 15) is 0 Å². The summed E-state index contributed by atoms with van der Waals surface area (Å²) in [5.74, 6) is 0. The molecule has 0 aromatic heterocycles. The third-order valence-corrected chi connectivity index (χ3v) is 0.744. The summed E-state index contributed by atoms with van der Waals surface area (Å²) in [4.78, 5) is 8.56. The van der Waals surface area contributed by atoms with E-state index < -0.39 is 6.16 Å². The number of nitrogens with zero attached hydrogens (tertiary/aromatic N) is 1. The Labute approximate surface area is 76.3 Å². The van der Waals surface area contributed by atoms with E-state index in [2.05, 4.69) is 0 Å². The van der Waals surface area contributed by atoms with Crippen molar-refractivity contribution in [3.8, 4) is 6.07 Å². The number of nitriles is 1. The van der Waals surface area contributed by atoms with E-state index >= 15 is 0 Å². The van der Waals surface area contributed by atoms with Crippen molar-refractivity contribution in [3.63, 3.8) is 0 Å². The molecule has 1 aliphatic rings. The standard InChI is InChI=1S/C4H8O2.C2H3N.CH2O3/c1-2-6-4-3-5-1;1-2-3;2-1(3)4/h1-4H2;1H3;(H2,2,3,4). The highest BCUT2D eigenvalue weighted by molar-refractivity contribution is 5.53. The van der Waals surface area contributed by atoms with Gasteiger partial charge in [-0.1, -0.05) is 0 Å². The van der Waals surface area contributed by atoms with Gasteiger partial charge in [0.2, 0.25) is 0 Å². The Balaban J connectivity index is 0. The van der Waals surface area contributed by atoms with Gasteiger partial charge in [-0.05, 0) is 0 Å². The SMILES string of the molecule is C1COCCO1.CC#N.O=C(O)O. The number of hydrogen-bond donors (Lipinski definition) is 2. The molecule has 0 amide bonds. The summed E-state index contributed by atoms with van der Waals surface area (Å²) in [5, 5.41) is 21.3. The highest BCUT2D eigenvalue weighted by Crippen LogP contribution is 1.85. The maximum Gasteiger partial charge on any atom is 0.503 e. The molecule has 0 saturated carbocycles. The van der Waals surface area contributed by atoms with Crippen LogP contribution in [-0.2, 0) is 9.47 Å². The van der Waals surface area contributed by atoms with Crippen LogP contribution in [0.5, 0.6) is 0 Å². The number of carbonyl (C=O) groups is 1. The van der Waals surface area contributed by atoms with Crippen LogP contribution in [0.3, 0.4) is 0 Å². The third-order valence-electron chi connectivity index (χ3n) is 0.744. The first kappa shape index (κ1) is 14.2. The first-order valence-corrected chi connectivity index (χ1v) is 3.53. The van der Waals surface area contributed by atoms with Gasteiger partial charge in [0.25, 0.3) is 0 Å². The van der Waals surface area contributed by atoms with Gasteiger partial charge >= 0.3 is 6.16 Å². The van der Waals surface area contributed by atoms with Crippen LogP contribution >= 0.6 is 0 Å². The van der Waals surface area contributed by atoms with Crippen molar-refractivity contribution in [1.29, 1.82) is 5.26 Å². The van der Waals surface area contributed by atoms with Crippen molar-refractivity contribution < 1.29 is 24.5 Å². The topological polar surface area (TPSA) is 99.8 Å². The van der Waals surface area contributed by atoms with Crippen LogP contribution < -0.4 is 0 Å². The lowest BCUT2D eigenvalue weighted by atomic mass is 10.6. The van der Waals surface area contributed by atoms with E-state index in [1.54, 1.807) is 6.07 Å². The van der Waals surface area contributed by atoms with Gasteiger partial charge in [-0.3, -0.25) is 0 Å². The van der Waals surface area contributed by atoms with Crippen LogP contribution in [-0.4, -0.2) is 42.8 Å². The smallest absolute Gasteiger partial charge is 0.450 e. The van der Waals surface area contributed by atoms with E-state index in [-0.39, 0.29) is 0 Å². The summed E-state index contributed by atoms with van der Waals surface area (Å²) in [6.45, 7) is 4.54. The van der Waals surface area contributed by atoms with Gasteiger partial charge in [0.1, 0.15) is 0 Å². The minimum Gasteiger partial charge on any atom is -0.450 e. The van der Waals surface area contributed by atoms with Crippen LogP contribution in [0.2, 0.25) is 0 Å². The zero-order valence-electron chi connectivity index (χ0n) is 7.39. The van der Waals surface area contributed by atoms with Crippen LogP contribution in [0.25, 0.3) is 0 Å². The molecule has 0 radical (unpaired) electrons. The van der Waals surface area contributed by atoms with Gasteiger partial charge in [0, 0.05) is 6.92 Å². The summed E-state index contributed by atoms with van der Waals surface area (Å²) in [6.07, 6.45) is -1.83. The highest BCUT2D eigenvalue weighted by Gasteiger charge is 1.94. The fourth-order valence-corrected chi connectivity index (χ4v) is 0.440. The molecule has 0 atom stereocenters. The minimum absolute atomic E-state index is 0.778. The maximum atomic E-state index is 8.56. The quantitative estimate of drug-likeness (QED) is 0.587. The summed E-state index contributed by atoms with van der Waals surface area (Å²) in [5.41, 5.74) is 0. The van der Waals surface area contributed by atoms with E-state index in [1.807, 2.05) is 0 Å². The molecule has 6 nitrogen and oxygen atoms in total. The Hall–Kier alpha value is -1.32. The Bertz CT molecular complexity index is 134. The lowest BCUT2D eigenvalue weighted by Crippen LogP contribution is -2.16. The summed E-state index contributed by atoms with van der Waals surface area (Å²) < 4.78 is 9.89. The predicted molar refractivity (Wildman–Crippen MR) is 43.6 cm³/mol. The van der Waals surface area contributed by atoms with Crippen molar-refractivity contribution in [3.05, 3.63) is 0 Å². The molecular formula is C7H13NO5. The van der Waals surface area contributed by atoms with E-state index in [0.29, 0.717) is 0 Å². The zero-order chi connectivity index (χ0) is 10.5. The number of hydrogen-bond acceptors (Lipinski definition) is 4. The molecule has 0 aliphatic carbocycles. The second kappa shape index (κ2) is 13.3. The number of carboxylic acid groups (broad SMARTS) is 2. The molecule has 0 spiro atoms. The van der Waals surface area contributed by atoms with Crippen molar-refractivity contribution >= 4 is 6.16 Å². The molecule has 13 heavy (non-hydrogen) atoms. The molecule has 1 saturated heterocycles. The Morgan fingerprint density at radius 3 is 1.46 bits per heavy atom. The van der Waals surface area contributed by atoms with Crippen LogP contribution in [0.1, 0.15) is 6.92 Å². The highest BCUT2D eigenvalue weighted by atomic mass is 16.6. The maximum absolute atomic E-state index is 8.56. The Morgan fingerprint density at radius 1 is 1.23 bits per heavy atom. The normalized spacial score (nSPS) is 13.5. The third kappa shape index (κ3) is 36.7. The van der Waals surface area contributed by atoms with Crippen molar-refractivity contribution in [2.75, 3.05) is 26.4 Å². The van der Waals surface area contributed by atoms with E-state index in [4.69, 9.17) is 29.7 Å². The average molecular weight is 191 g/mol. The van der Waals surface area contributed by atoms with E-state index in [1.165, 1.54) is 6.92 Å². The first-order valence-electron chi connectivity index (χ1n) is 3.53. The van der Waals surface area contributed by atoms with Gasteiger partial charge in [-0.2, -0.15) is 5.26 Å². The van der Waals surface area contributed by atoms with Crippen LogP contribution in [0.4, 0.5) is 4.79 Å². The summed E-state index contributed by atoms with van der Waals surface area (Å²) in [6, 6.07) is 1.75. The largest absolute Gasteiger partial charge is 0.503 e. The Morgan fingerprint density at radius 2 is 1.38 bits per heavy atom. The minimum atomic E-state index is -1.83.